The Kier molecular flexibility index (Phi) is 5.89. The van der Waals surface area contributed by atoms with Crippen LogP contribution in [0.4, 0.5) is 0 Å². The van der Waals surface area contributed by atoms with Gasteiger partial charge in [-0.05, 0) is 37.1 Å². The van der Waals surface area contributed by atoms with Gasteiger partial charge in [-0.3, -0.25) is 13.8 Å². The number of ether oxygens (including phenoxy) is 1. The third kappa shape index (κ3) is 3.77. The van der Waals surface area contributed by atoms with E-state index in [0.29, 0.717) is 24.3 Å². The number of aromatic nitrogens is 4. The van der Waals surface area contributed by atoms with Gasteiger partial charge in [-0.2, -0.15) is 0 Å². The highest BCUT2D eigenvalue weighted by Gasteiger charge is 2.19. The zero-order valence-electron chi connectivity index (χ0n) is 16.2. The van der Waals surface area contributed by atoms with Gasteiger partial charge in [0, 0.05) is 30.5 Å². The molecule has 0 aliphatic carbocycles. The van der Waals surface area contributed by atoms with E-state index in [4.69, 9.17) is 16.3 Å². The summed E-state index contributed by atoms with van der Waals surface area (Å²) >= 11 is 7.95. The Labute approximate surface area is 177 Å². The lowest BCUT2D eigenvalue weighted by atomic mass is 10.2. The van der Waals surface area contributed by atoms with Gasteiger partial charge in [0.2, 0.25) is 5.78 Å². The van der Waals surface area contributed by atoms with E-state index in [2.05, 4.69) is 17.1 Å². The molecule has 2 aromatic carbocycles. The Balaban J connectivity index is 1.84. The minimum atomic E-state index is -0.0627. The Morgan fingerprint density at radius 2 is 1.90 bits per heavy atom. The van der Waals surface area contributed by atoms with Gasteiger partial charge in [-0.1, -0.05) is 53.7 Å². The SMILES string of the molecule is COCCCn1c(=O)c2ccccc2n2c(SC(C)c3ccccc3Cl)nnc12. The zero-order valence-corrected chi connectivity index (χ0v) is 17.8. The lowest BCUT2D eigenvalue weighted by Crippen LogP contribution is -2.24. The van der Waals surface area contributed by atoms with Crippen LogP contribution >= 0.6 is 23.4 Å². The first kappa shape index (κ1) is 19.9. The fraction of sp³-hybridized carbons (Fsp3) is 0.286. The van der Waals surface area contributed by atoms with Crippen molar-refractivity contribution in [3.05, 3.63) is 69.5 Å². The number of hydrogen-bond donors (Lipinski definition) is 0. The summed E-state index contributed by atoms with van der Waals surface area (Å²) in [5.74, 6) is 0.540. The summed E-state index contributed by atoms with van der Waals surface area (Å²) in [7, 11) is 1.65. The largest absolute Gasteiger partial charge is 0.385 e. The monoisotopic (exact) mass is 428 g/mol. The molecule has 0 saturated carbocycles. The number of methoxy groups -OCH3 is 1. The van der Waals surface area contributed by atoms with Gasteiger partial charge < -0.3 is 4.74 Å². The number of halogens is 1. The fourth-order valence-electron chi connectivity index (χ4n) is 3.40. The first-order valence-corrected chi connectivity index (χ1v) is 10.6. The number of fused-ring (bicyclic) bond motifs is 3. The second-order valence-electron chi connectivity index (χ2n) is 6.72. The van der Waals surface area contributed by atoms with E-state index in [1.165, 1.54) is 0 Å². The van der Waals surface area contributed by atoms with E-state index in [1.54, 1.807) is 23.4 Å². The van der Waals surface area contributed by atoms with Gasteiger partial charge in [-0.15, -0.1) is 10.2 Å². The van der Waals surface area contributed by atoms with Crippen molar-refractivity contribution in [2.75, 3.05) is 13.7 Å². The van der Waals surface area contributed by atoms with Crippen molar-refractivity contribution in [2.24, 2.45) is 0 Å². The highest BCUT2D eigenvalue weighted by atomic mass is 35.5. The van der Waals surface area contributed by atoms with Crippen LogP contribution in [0, 0.1) is 0 Å². The van der Waals surface area contributed by atoms with Crippen LogP contribution in [-0.4, -0.2) is 32.9 Å². The molecular formula is C21H21ClN4O2S. The topological polar surface area (TPSA) is 61.4 Å². The number of hydrogen-bond acceptors (Lipinski definition) is 5. The number of rotatable bonds is 7. The van der Waals surface area contributed by atoms with E-state index in [0.717, 1.165) is 27.7 Å². The Hall–Kier alpha value is -2.35. The van der Waals surface area contributed by atoms with Crippen LogP contribution in [0.3, 0.4) is 0 Å². The summed E-state index contributed by atoms with van der Waals surface area (Å²) < 4.78 is 8.79. The average Bonchev–Trinajstić information content (AvgIpc) is 3.14. The van der Waals surface area contributed by atoms with Crippen molar-refractivity contribution >= 4 is 40.0 Å². The molecule has 0 saturated heterocycles. The quantitative estimate of drug-likeness (QED) is 0.318. The highest BCUT2D eigenvalue weighted by molar-refractivity contribution is 7.99. The molecule has 0 fully saturated rings. The van der Waals surface area contributed by atoms with Crippen LogP contribution in [0.25, 0.3) is 16.7 Å². The Bertz CT molecular complexity index is 1220. The standard InChI is InChI=1S/C21H21ClN4O2S/c1-14(15-8-3-5-10-17(15)22)29-21-24-23-20-25(12-7-13-28-2)19(27)16-9-4-6-11-18(16)26(20)21/h3-6,8-11,14H,7,12-13H2,1-2H3. The van der Waals surface area contributed by atoms with Crippen molar-refractivity contribution in [2.45, 2.75) is 30.3 Å². The lowest BCUT2D eigenvalue weighted by molar-refractivity contribution is 0.190. The molecule has 150 valence electrons. The maximum Gasteiger partial charge on any atom is 0.262 e. The van der Waals surface area contributed by atoms with Crippen molar-refractivity contribution in [1.82, 2.24) is 19.2 Å². The van der Waals surface area contributed by atoms with Crippen molar-refractivity contribution in [3.8, 4) is 0 Å². The van der Waals surface area contributed by atoms with Crippen molar-refractivity contribution in [3.63, 3.8) is 0 Å². The fourth-order valence-corrected chi connectivity index (χ4v) is 4.79. The molecule has 4 aromatic rings. The van der Waals surface area contributed by atoms with Crippen LogP contribution in [0.5, 0.6) is 0 Å². The summed E-state index contributed by atoms with van der Waals surface area (Å²) in [5, 5.41) is 10.9. The Morgan fingerprint density at radius 1 is 1.14 bits per heavy atom. The van der Waals surface area contributed by atoms with Crippen LogP contribution in [0.2, 0.25) is 5.02 Å². The van der Waals surface area contributed by atoms with E-state index < -0.39 is 0 Å². The van der Waals surface area contributed by atoms with Gasteiger partial charge in [0.25, 0.3) is 5.56 Å². The normalized spacial score (nSPS) is 12.7. The molecule has 0 spiro atoms. The zero-order chi connectivity index (χ0) is 20.4. The smallest absolute Gasteiger partial charge is 0.262 e. The maximum absolute atomic E-state index is 13.1. The number of para-hydroxylation sites is 1. The number of benzene rings is 2. The molecule has 0 bridgehead atoms. The predicted octanol–water partition coefficient (Wildman–Crippen LogP) is 4.59. The molecule has 0 radical (unpaired) electrons. The molecule has 2 heterocycles. The van der Waals surface area contributed by atoms with Crippen LogP contribution < -0.4 is 5.56 Å². The van der Waals surface area contributed by atoms with Crippen LogP contribution in [-0.2, 0) is 11.3 Å². The summed E-state index contributed by atoms with van der Waals surface area (Å²) in [6.45, 7) is 3.18. The third-order valence-electron chi connectivity index (χ3n) is 4.83. The second-order valence-corrected chi connectivity index (χ2v) is 8.44. The second kappa shape index (κ2) is 8.57. The third-order valence-corrected chi connectivity index (χ3v) is 6.26. The number of aryl methyl sites for hydroxylation is 1. The maximum atomic E-state index is 13.1. The van der Waals surface area contributed by atoms with Crippen molar-refractivity contribution < 1.29 is 4.74 Å². The number of thioether (sulfide) groups is 1. The number of nitrogens with zero attached hydrogens (tertiary/aromatic N) is 4. The molecule has 4 rings (SSSR count). The van der Waals surface area contributed by atoms with Crippen molar-refractivity contribution in [1.29, 1.82) is 0 Å². The minimum Gasteiger partial charge on any atom is -0.385 e. The molecule has 0 N–H and O–H groups in total. The van der Waals surface area contributed by atoms with E-state index in [9.17, 15) is 4.79 Å². The molecule has 8 heteroatoms. The Morgan fingerprint density at radius 3 is 2.69 bits per heavy atom. The molecule has 0 amide bonds. The molecule has 0 aliphatic rings. The van der Waals surface area contributed by atoms with E-state index in [1.807, 2.05) is 52.9 Å². The van der Waals surface area contributed by atoms with E-state index >= 15 is 0 Å². The molecule has 0 aliphatic heterocycles. The van der Waals surface area contributed by atoms with Gasteiger partial charge in [0.15, 0.2) is 5.16 Å². The van der Waals surface area contributed by atoms with Crippen LogP contribution in [0.1, 0.15) is 24.2 Å². The van der Waals surface area contributed by atoms with Gasteiger partial charge in [0.05, 0.1) is 10.9 Å². The summed E-state index contributed by atoms with van der Waals surface area (Å²) in [6, 6.07) is 15.4. The van der Waals surface area contributed by atoms with Crippen LogP contribution in [0.15, 0.2) is 58.5 Å². The van der Waals surface area contributed by atoms with Gasteiger partial charge >= 0.3 is 0 Å². The van der Waals surface area contributed by atoms with E-state index in [-0.39, 0.29) is 10.8 Å². The van der Waals surface area contributed by atoms with Gasteiger partial charge in [0.1, 0.15) is 0 Å². The molecule has 1 unspecified atom stereocenters. The molecule has 29 heavy (non-hydrogen) atoms. The highest BCUT2D eigenvalue weighted by Crippen LogP contribution is 2.37. The summed E-state index contributed by atoms with van der Waals surface area (Å²) in [4.78, 5) is 13.1. The molecular weight excluding hydrogens is 408 g/mol. The molecule has 6 nitrogen and oxygen atoms in total. The summed E-state index contributed by atoms with van der Waals surface area (Å²) in [6.07, 6.45) is 0.718. The first-order chi connectivity index (χ1) is 14.1. The first-order valence-electron chi connectivity index (χ1n) is 9.38. The average molecular weight is 429 g/mol. The lowest BCUT2D eigenvalue weighted by Gasteiger charge is -2.14. The molecule has 2 aromatic heterocycles. The molecule has 1 atom stereocenters. The predicted molar refractivity (Wildman–Crippen MR) is 117 cm³/mol. The van der Waals surface area contributed by atoms with Gasteiger partial charge in [-0.25, -0.2) is 0 Å². The minimum absolute atomic E-state index is 0.0627. The summed E-state index contributed by atoms with van der Waals surface area (Å²) in [5.41, 5.74) is 1.77.